The molecule has 1 heterocycles. The molecule has 0 radical (unpaired) electrons. The third kappa shape index (κ3) is 3.87. The summed E-state index contributed by atoms with van der Waals surface area (Å²) in [4.78, 5) is 4.42. The first-order chi connectivity index (χ1) is 11.3. The van der Waals surface area contributed by atoms with Crippen molar-refractivity contribution in [2.24, 2.45) is 0 Å². The van der Waals surface area contributed by atoms with Crippen molar-refractivity contribution >= 4 is 31.9 Å². The standard InChI is InChI=1S/C18H10Br2F3N/c19-14-5-1-11(2-6-14)16-9-13(18(21,22)23)10-17(24-16)12-3-7-15(20)8-4-12/h1-10H. The minimum atomic E-state index is -4.43. The van der Waals surface area contributed by atoms with Gasteiger partial charge >= 0.3 is 6.18 Å². The van der Waals surface area contributed by atoms with E-state index in [2.05, 4.69) is 36.8 Å². The Morgan fingerprint density at radius 3 is 1.38 bits per heavy atom. The zero-order chi connectivity index (χ0) is 17.3. The first-order valence-electron chi connectivity index (χ1n) is 6.94. The molecule has 0 spiro atoms. The van der Waals surface area contributed by atoms with Crippen molar-refractivity contribution in [1.29, 1.82) is 0 Å². The van der Waals surface area contributed by atoms with Crippen molar-refractivity contribution in [1.82, 2.24) is 4.98 Å². The SMILES string of the molecule is FC(F)(F)c1cc(-c2ccc(Br)cc2)nc(-c2ccc(Br)cc2)c1. The molecule has 0 saturated carbocycles. The van der Waals surface area contributed by atoms with E-state index in [0.29, 0.717) is 11.1 Å². The van der Waals surface area contributed by atoms with Crippen molar-refractivity contribution < 1.29 is 13.2 Å². The van der Waals surface area contributed by atoms with E-state index in [1.54, 1.807) is 48.5 Å². The number of rotatable bonds is 2. The van der Waals surface area contributed by atoms with Crippen LogP contribution in [-0.2, 0) is 6.18 Å². The Bertz CT molecular complexity index is 793. The van der Waals surface area contributed by atoms with Crippen LogP contribution in [0.5, 0.6) is 0 Å². The van der Waals surface area contributed by atoms with Crippen LogP contribution in [-0.4, -0.2) is 4.98 Å². The lowest BCUT2D eigenvalue weighted by atomic mass is 10.0. The summed E-state index contributed by atoms with van der Waals surface area (Å²) in [5.74, 6) is 0. The number of nitrogens with zero attached hydrogens (tertiary/aromatic N) is 1. The maximum atomic E-state index is 13.3. The van der Waals surface area contributed by atoms with Gasteiger partial charge in [-0.25, -0.2) is 4.98 Å². The second kappa shape index (κ2) is 6.69. The van der Waals surface area contributed by atoms with E-state index < -0.39 is 11.7 Å². The molecule has 0 aliphatic rings. The minimum Gasteiger partial charge on any atom is -0.248 e. The monoisotopic (exact) mass is 455 g/mol. The van der Waals surface area contributed by atoms with Gasteiger partial charge in [-0.3, -0.25) is 0 Å². The highest BCUT2D eigenvalue weighted by Gasteiger charge is 2.31. The Labute approximate surface area is 153 Å². The van der Waals surface area contributed by atoms with Crippen molar-refractivity contribution in [2.45, 2.75) is 6.18 Å². The third-order valence-corrected chi connectivity index (χ3v) is 4.49. The average Bonchev–Trinajstić information content (AvgIpc) is 2.55. The summed E-state index contributed by atoms with van der Waals surface area (Å²) in [6.07, 6.45) is -4.43. The summed E-state index contributed by atoms with van der Waals surface area (Å²) < 4.78 is 41.5. The summed E-state index contributed by atoms with van der Waals surface area (Å²) in [5, 5.41) is 0. The Hall–Kier alpha value is -1.66. The molecule has 1 nitrogen and oxygen atoms in total. The Morgan fingerprint density at radius 2 is 1.04 bits per heavy atom. The van der Waals surface area contributed by atoms with Crippen LogP contribution in [0.2, 0.25) is 0 Å². The number of pyridine rings is 1. The zero-order valence-corrected chi connectivity index (χ0v) is 15.3. The third-order valence-electron chi connectivity index (χ3n) is 3.43. The molecule has 0 saturated heterocycles. The highest BCUT2D eigenvalue weighted by atomic mass is 79.9. The van der Waals surface area contributed by atoms with Crippen molar-refractivity contribution in [3.05, 3.63) is 75.2 Å². The highest BCUT2D eigenvalue weighted by Crippen LogP contribution is 2.35. The number of hydrogen-bond acceptors (Lipinski definition) is 1. The van der Waals surface area contributed by atoms with Crippen LogP contribution >= 0.6 is 31.9 Å². The maximum absolute atomic E-state index is 13.3. The topological polar surface area (TPSA) is 12.9 Å². The van der Waals surface area contributed by atoms with Crippen LogP contribution in [0.1, 0.15) is 5.56 Å². The predicted octanol–water partition coefficient (Wildman–Crippen LogP) is 6.96. The number of alkyl halides is 3. The van der Waals surface area contributed by atoms with Gasteiger partial charge in [-0.1, -0.05) is 56.1 Å². The molecule has 1 aromatic heterocycles. The molecule has 3 rings (SSSR count). The van der Waals surface area contributed by atoms with Crippen LogP contribution < -0.4 is 0 Å². The normalized spacial score (nSPS) is 11.5. The Morgan fingerprint density at radius 1 is 0.667 bits per heavy atom. The van der Waals surface area contributed by atoms with Crippen molar-refractivity contribution in [3.63, 3.8) is 0 Å². The van der Waals surface area contributed by atoms with Crippen LogP contribution in [0.25, 0.3) is 22.5 Å². The van der Waals surface area contributed by atoms with Crippen LogP contribution in [0.3, 0.4) is 0 Å². The molecule has 122 valence electrons. The summed E-state index contributed by atoms with van der Waals surface area (Å²) in [7, 11) is 0. The van der Waals surface area contributed by atoms with E-state index in [1.807, 2.05) is 0 Å². The molecular weight excluding hydrogens is 447 g/mol. The van der Waals surface area contributed by atoms with Gasteiger partial charge in [-0.2, -0.15) is 13.2 Å². The molecule has 0 aliphatic heterocycles. The van der Waals surface area contributed by atoms with E-state index >= 15 is 0 Å². The second-order valence-electron chi connectivity index (χ2n) is 5.14. The molecule has 2 aromatic carbocycles. The van der Waals surface area contributed by atoms with Gasteiger partial charge in [0.25, 0.3) is 0 Å². The molecule has 0 bridgehead atoms. The van der Waals surface area contributed by atoms with Gasteiger partial charge in [0.05, 0.1) is 17.0 Å². The van der Waals surface area contributed by atoms with Crippen molar-refractivity contribution in [3.8, 4) is 22.5 Å². The smallest absolute Gasteiger partial charge is 0.248 e. The zero-order valence-electron chi connectivity index (χ0n) is 12.1. The van der Waals surface area contributed by atoms with Crippen LogP contribution in [0, 0.1) is 0 Å². The van der Waals surface area contributed by atoms with Crippen LogP contribution in [0.4, 0.5) is 13.2 Å². The van der Waals surface area contributed by atoms with E-state index in [0.717, 1.165) is 21.1 Å². The molecular formula is C18H10Br2F3N. The summed E-state index contributed by atoms with van der Waals surface area (Å²) in [6, 6.07) is 16.2. The lowest BCUT2D eigenvalue weighted by Gasteiger charge is -2.12. The number of benzene rings is 2. The Balaban J connectivity index is 2.17. The molecule has 0 aliphatic carbocycles. The van der Waals surface area contributed by atoms with Gasteiger partial charge in [0.2, 0.25) is 0 Å². The van der Waals surface area contributed by atoms with E-state index in [1.165, 1.54) is 0 Å². The summed E-state index contributed by atoms with van der Waals surface area (Å²) in [6.45, 7) is 0. The number of halogens is 5. The van der Waals surface area contributed by atoms with Gasteiger partial charge in [0.15, 0.2) is 0 Å². The molecule has 3 aromatic rings. The average molecular weight is 457 g/mol. The fourth-order valence-corrected chi connectivity index (χ4v) is 2.76. The summed E-state index contributed by atoms with van der Waals surface area (Å²) >= 11 is 6.63. The maximum Gasteiger partial charge on any atom is 0.416 e. The quantitative estimate of drug-likeness (QED) is 0.406. The lowest BCUT2D eigenvalue weighted by Crippen LogP contribution is -2.06. The second-order valence-corrected chi connectivity index (χ2v) is 6.97. The molecule has 0 N–H and O–H groups in total. The molecule has 0 amide bonds. The molecule has 0 atom stereocenters. The molecule has 0 unspecified atom stereocenters. The lowest BCUT2D eigenvalue weighted by molar-refractivity contribution is -0.137. The summed E-state index contributed by atoms with van der Waals surface area (Å²) in [5.41, 5.74) is 1.11. The number of hydrogen-bond donors (Lipinski definition) is 0. The van der Waals surface area contributed by atoms with Crippen LogP contribution in [0.15, 0.2) is 69.6 Å². The van der Waals surface area contributed by atoms with E-state index in [-0.39, 0.29) is 11.4 Å². The number of aromatic nitrogens is 1. The van der Waals surface area contributed by atoms with Gasteiger partial charge in [0, 0.05) is 20.1 Å². The largest absolute Gasteiger partial charge is 0.416 e. The molecule has 6 heteroatoms. The van der Waals surface area contributed by atoms with Crippen molar-refractivity contribution in [2.75, 3.05) is 0 Å². The first-order valence-corrected chi connectivity index (χ1v) is 8.53. The predicted molar refractivity (Wildman–Crippen MR) is 95.5 cm³/mol. The van der Waals surface area contributed by atoms with E-state index in [9.17, 15) is 13.2 Å². The van der Waals surface area contributed by atoms with Gasteiger partial charge in [-0.05, 0) is 36.4 Å². The molecule has 0 fully saturated rings. The van der Waals surface area contributed by atoms with E-state index in [4.69, 9.17) is 0 Å². The van der Waals surface area contributed by atoms with Gasteiger partial charge < -0.3 is 0 Å². The van der Waals surface area contributed by atoms with Gasteiger partial charge in [-0.15, -0.1) is 0 Å². The van der Waals surface area contributed by atoms with Gasteiger partial charge in [0.1, 0.15) is 0 Å². The first kappa shape index (κ1) is 17.2. The fraction of sp³-hybridized carbons (Fsp3) is 0.0556. The highest BCUT2D eigenvalue weighted by molar-refractivity contribution is 9.10. The Kier molecular flexibility index (Phi) is 4.78. The fourth-order valence-electron chi connectivity index (χ4n) is 2.23. The minimum absolute atomic E-state index is 0.287. The molecule has 24 heavy (non-hydrogen) atoms.